The van der Waals surface area contributed by atoms with Crippen LogP contribution in [0.4, 0.5) is 0 Å². The summed E-state index contributed by atoms with van der Waals surface area (Å²) in [5.74, 6) is 0.855. The Kier molecular flexibility index (Phi) is 2.99. The monoisotopic (exact) mass is 192 g/mol. The van der Waals surface area contributed by atoms with E-state index in [0.29, 0.717) is 6.10 Å². The highest BCUT2D eigenvalue weighted by Gasteiger charge is 2.17. The Morgan fingerprint density at radius 2 is 2.44 bits per heavy atom. The predicted octanol–water partition coefficient (Wildman–Crippen LogP) is 2.20. The molecule has 0 aliphatic carbocycles. The van der Waals surface area contributed by atoms with E-state index in [0.717, 1.165) is 17.9 Å². The maximum atomic E-state index is 5.39. The lowest BCUT2D eigenvalue weighted by atomic mass is 9.99. The van der Waals surface area contributed by atoms with Gasteiger partial charge >= 0.3 is 0 Å². The average molecular weight is 193 g/mol. The second-order valence-corrected chi connectivity index (χ2v) is 3.37. The van der Waals surface area contributed by atoms with E-state index in [2.05, 4.69) is 22.9 Å². The zero-order valence-electron chi connectivity index (χ0n) is 5.77. The molecule has 0 aromatic carbocycles. The molecule has 0 N–H and O–H groups in total. The quantitative estimate of drug-likeness (QED) is 0.580. The van der Waals surface area contributed by atoms with Crippen molar-refractivity contribution < 1.29 is 4.74 Å². The van der Waals surface area contributed by atoms with Crippen LogP contribution in [0.2, 0.25) is 0 Å². The third-order valence-corrected chi connectivity index (χ3v) is 2.73. The molecule has 1 saturated heterocycles. The molecule has 0 amide bonds. The van der Waals surface area contributed by atoms with Crippen LogP contribution in [0.3, 0.4) is 0 Å². The van der Waals surface area contributed by atoms with Crippen molar-refractivity contribution in [3.05, 3.63) is 0 Å². The van der Waals surface area contributed by atoms with Crippen LogP contribution in [0.1, 0.15) is 19.8 Å². The van der Waals surface area contributed by atoms with Gasteiger partial charge in [-0.1, -0.05) is 15.9 Å². The zero-order chi connectivity index (χ0) is 6.69. The van der Waals surface area contributed by atoms with Crippen molar-refractivity contribution in [1.29, 1.82) is 0 Å². The summed E-state index contributed by atoms with van der Waals surface area (Å²) in [5, 5.41) is 1.14. The second-order valence-electron chi connectivity index (χ2n) is 2.73. The Bertz CT molecular complexity index is 85.0. The molecule has 2 atom stereocenters. The molecule has 1 nitrogen and oxygen atoms in total. The van der Waals surface area contributed by atoms with Crippen LogP contribution in [0.5, 0.6) is 0 Å². The smallest absolute Gasteiger partial charge is 0.0549 e. The molecule has 54 valence electrons. The van der Waals surface area contributed by atoms with E-state index in [1.165, 1.54) is 12.8 Å². The summed E-state index contributed by atoms with van der Waals surface area (Å²) in [6.07, 6.45) is 2.95. The van der Waals surface area contributed by atoms with Crippen LogP contribution < -0.4 is 0 Å². The summed E-state index contributed by atoms with van der Waals surface area (Å²) in [4.78, 5) is 0. The molecular formula is C7H13BrO. The fourth-order valence-corrected chi connectivity index (χ4v) is 1.82. The first kappa shape index (κ1) is 7.55. The van der Waals surface area contributed by atoms with Crippen molar-refractivity contribution >= 4 is 15.9 Å². The highest BCUT2D eigenvalue weighted by atomic mass is 79.9. The third kappa shape index (κ3) is 2.26. The Morgan fingerprint density at radius 3 is 2.89 bits per heavy atom. The minimum atomic E-state index is 0.487. The van der Waals surface area contributed by atoms with Crippen LogP contribution in [0.25, 0.3) is 0 Å². The van der Waals surface area contributed by atoms with Gasteiger partial charge in [0.15, 0.2) is 0 Å². The maximum absolute atomic E-state index is 5.39. The van der Waals surface area contributed by atoms with Gasteiger partial charge in [0.2, 0.25) is 0 Å². The van der Waals surface area contributed by atoms with Gasteiger partial charge in [-0.15, -0.1) is 0 Å². The first-order valence-electron chi connectivity index (χ1n) is 3.50. The first-order valence-corrected chi connectivity index (χ1v) is 4.62. The van der Waals surface area contributed by atoms with E-state index in [-0.39, 0.29) is 0 Å². The fraction of sp³-hybridized carbons (Fsp3) is 1.00. The third-order valence-electron chi connectivity index (χ3n) is 1.81. The van der Waals surface area contributed by atoms with Crippen molar-refractivity contribution in [1.82, 2.24) is 0 Å². The molecule has 9 heavy (non-hydrogen) atoms. The largest absolute Gasteiger partial charge is 0.378 e. The molecule has 1 rings (SSSR count). The van der Waals surface area contributed by atoms with Crippen LogP contribution in [0, 0.1) is 5.92 Å². The van der Waals surface area contributed by atoms with Gasteiger partial charge in [-0.3, -0.25) is 0 Å². The standard InChI is InChI=1S/C7H13BrO/c1-6-4-7(5-8)2-3-9-6/h6-7H,2-5H2,1H3/t6-,7-/m1/s1. The number of hydrogen-bond donors (Lipinski definition) is 0. The van der Waals surface area contributed by atoms with Gasteiger partial charge in [-0.05, 0) is 25.7 Å². The molecule has 0 bridgehead atoms. The summed E-state index contributed by atoms with van der Waals surface area (Å²) in [7, 11) is 0. The molecule has 0 unspecified atom stereocenters. The molecule has 0 saturated carbocycles. The van der Waals surface area contributed by atoms with Crippen molar-refractivity contribution in [2.24, 2.45) is 5.92 Å². The highest BCUT2D eigenvalue weighted by Crippen LogP contribution is 2.20. The van der Waals surface area contributed by atoms with E-state index in [9.17, 15) is 0 Å². The lowest BCUT2D eigenvalue weighted by Gasteiger charge is -2.25. The highest BCUT2D eigenvalue weighted by molar-refractivity contribution is 9.09. The predicted molar refractivity (Wildman–Crippen MR) is 41.9 cm³/mol. The number of alkyl halides is 1. The Hall–Kier alpha value is 0.440. The van der Waals surface area contributed by atoms with Gasteiger partial charge in [0.1, 0.15) is 0 Å². The molecule has 0 radical (unpaired) electrons. The van der Waals surface area contributed by atoms with E-state index in [1.807, 2.05) is 0 Å². The SMILES string of the molecule is C[C@@H]1C[C@H](CBr)CCO1. The topological polar surface area (TPSA) is 9.23 Å². The van der Waals surface area contributed by atoms with Crippen LogP contribution in [-0.2, 0) is 4.74 Å². The van der Waals surface area contributed by atoms with Crippen LogP contribution in [-0.4, -0.2) is 18.0 Å². The van der Waals surface area contributed by atoms with E-state index >= 15 is 0 Å². The second kappa shape index (κ2) is 3.57. The molecule has 2 heteroatoms. The van der Waals surface area contributed by atoms with E-state index in [4.69, 9.17) is 4.74 Å². The fourth-order valence-electron chi connectivity index (χ4n) is 1.23. The minimum Gasteiger partial charge on any atom is -0.378 e. The normalized spacial score (nSPS) is 36.7. The number of rotatable bonds is 1. The van der Waals surface area contributed by atoms with Crippen molar-refractivity contribution in [3.63, 3.8) is 0 Å². The number of hydrogen-bond acceptors (Lipinski definition) is 1. The summed E-state index contributed by atoms with van der Waals surface area (Å²) >= 11 is 3.48. The van der Waals surface area contributed by atoms with Crippen LogP contribution >= 0.6 is 15.9 Å². The minimum absolute atomic E-state index is 0.487. The van der Waals surface area contributed by atoms with Gasteiger partial charge in [0.25, 0.3) is 0 Å². The molecule has 0 aromatic heterocycles. The first-order chi connectivity index (χ1) is 4.33. The van der Waals surface area contributed by atoms with Crippen molar-refractivity contribution in [2.75, 3.05) is 11.9 Å². The zero-order valence-corrected chi connectivity index (χ0v) is 7.36. The Labute approximate surface area is 64.9 Å². The van der Waals surface area contributed by atoms with Gasteiger partial charge in [-0.2, -0.15) is 0 Å². The number of ether oxygens (including phenoxy) is 1. The molecular weight excluding hydrogens is 180 g/mol. The van der Waals surface area contributed by atoms with E-state index < -0.39 is 0 Å². The average Bonchev–Trinajstić information content (AvgIpc) is 1.88. The molecule has 0 aromatic rings. The maximum Gasteiger partial charge on any atom is 0.0549 e. The van der Waals surface area contributed by atoms with Crippen molar-refractivity contribution in [2.45, 2.75) is 25.9 Å². The summed E-state index contributed by atoms with van der Waals surface area (Å²) in [5.41, 5.74) is 0. The Balaban J connectivity index is 2.23. The Morgan fingerprint density at radius 1 is 1.67 bits per heavy atom. The van der Waals surface area contributed by atoms with Crippen molar-refractivity contribution in [3.8, 4) is 0 Å². The van der Waals surface area contributed by atoms with Gasteiger partial charge < -0.3 is 4.74 Å². The van der Waals surface area contributed by atoms with Gasteiger partial charge in [0, 0.05) is 11.9 Å². The molecule has 1 aliphatic rings. The van der Waals surface area contributed by atoms with Gasteiger partial charge in [0.05, 0.1) is 6.10 Å². The summed E-state index contributed by atoms with van der Waals surface area (Å²) in [6, 6.07) is 0. The number of halogens is 1. The lowest BCUT2D eigenvalue weighted by molar-refractivity contribution is 0.00806. The molecule has 1 heterocycles. The van der Waals surface area contributed by atoms with Crippen LogP contribution in [0.15, 0.2) is 0 Å². The molecule has 1 aliphatic heterocycles. The summed E-state index contributed by atoms with van der Waals surface area (Å²) in [6.45, 7) is 3.10. The molecule has 1 fully saturated rings. The summed E-state index contributed by atoms with van der Waals surface area (Å²) < 4.78 is 5.39. The van der Waals surface area contributed by atoms with E-state index in [1.54, 1.807) is 0 Å². The van der Waals surface area contributed by atoms with Gasteiger partial charge in [-0.25, -0.2) is 0 Å². The molecule has 0 spiro atoms. The lowest BCUT2D eigenvalue weighted by Crippen LogP contribution is -2.23.